The van der Waals surface area contributed by atoms with E-state index in [1.165, 1.54) is 0 Å². The van der Waals surface area contributed by atoms with Gasteiger partial charge in [-0.05, 0) is 39.0 Å². The summed E-state index contributed by atoms with van der Waals surface area (Å²) in [5.41, 5.74) is 1.06. The van der Waals surface area contributed by atoms with Crippen molar-refractivity contribution in [2.45, 2.75) is 26.4 Å². The first-order valence-corrected chi connectivity index (χ1v) is 6.04. The normalized spacial score (nSPS) is 10.5. The maximum absolute atomic E-state index is 11.7. The van der Waals surface area contributed by atoms with Gasteiger partial charge in [-0.15, -0.1) is 0 Å². The van der Waals surface area contributed by atoms with Gasteiger partial charge in [0.05, 0.1) is 5.60 Å². The first-order valence-electron chi connectivity index (χ1n) is 6.04. The molecule has 0 saturated carbocycles. The van der Waals surface area contributed by atoms with Crippen LogP contribution in [0.3, 0.4) is 0 Å². The van der Waals surface area contributed by atoms with E-state index in [0.29, 0.717) is 5.69 Å². The molecule has 2 N–H and O–H groups in total. The molecule has 0 unspecified atom stereocenters. The number of anilines is 1. The second kappa shape index (κ2) is 6.93. The van der Waals surface area contributed by atoms with Gasteiger partial charge in [0.15, 0.2) is 0 Å². The minimum atomic E-state index is -0.341. The fourth-order valence-electron chi connectivity index (χ4n) is 1.30. The molecule has 1 amide bonds. The summed E-state index contributed by atoms with van der Waals surface area (Å²) in [6.07, 6.45) is 0. The first kappa shape index (κ1) is 15.2. The molecule has 0 atom stereocenters. The number of carbonyl (C=O) groups is 1. The first-order chi connectivity index (χ1) is 8.90. The van der Waals surface area contributed by atoms with Gasteiger partial charge < -0.3 is 15.2 Å². The van der Waals surface area contributed by atoms with Crippen LogP contribution in [0, 0.1) is 11.8 Å². The van der Waals surface area contributed by atoms with Crippen molar-refractivity contribution in [3.05, 3.63) is 29.8 Å². The predicted molar refractivity (Wildman–Crippen MR) is 74.7 cm³/mol. The number of rotatable bonds is 3. The van der Waals surface area contributed by atoms with Gasteiger partial charge in [-0.2, -0.15) is 0 Å². The molecule has 0 aromatic heterocycles. The standard InChI is InChI=1S/C15H19NO3/c1-15(2,3)19-11-14(18)16-13-8-4-6-12(10-13)7-5-9-17/h4,6,8,10,17H,9,11H2,1-3H3,(H,16,18). The highest BCUT2D eigenvalue weighted by molar-refractivity contribution is 5.91. The summed E-state index contributed by atoms with van der Waals surface area (Å²) < 4.78 is 5.39. The summed E-state index contributed by atoms with van der Waals surface area (Å²) in [6, 6.07) is 7.13. The molecule has 0 aliphatic rings. The summed E-state index contributed by atoms with van der Waals surface area (Å²) in [4.78, 5) is 11.7. The third-order valence-corrected chi connectivity index (χ3v) is 2.09. The van der Waals surface area contributed by atoms with Crippen LogP contribution in [-0.4, -0.2) is 29.8 Å². The molecule has 4 nitrogen and oxygen atoms in total. The Morgan fingerprint density at radius 2 is 2.16 bits per heavy atom. The van der Waals surface area contributed by atoms with Crippen LogP contribution in [-0.2, 0) is 9.53 Å². The molecule has 0 bridgehead atoms. The Bertz CT molecular complexity index is 492. The number of nitrogens with one attached hydrogen (secondary N) is 1. The summed E-state index contributed by atoms with van der Waals surface area (Å²) in [5, 5.41) is 11.4. The zero-order valence-corrected chi connectivity index (χ0v) is 11.5. The zero-order valence-electron chi connectivity index (χ0n) is 11.5. The van der Waals surface area contributed by atoms with E-state index >= 15 is 0 Å². The lowest BCUT2D eigenvalue weighted by molar-refractivity contribution is -0.125. The lowest BCUT2D eigenvalue weighted by Crippen LogP contribution is -2.27. The van der Waals surface area contributed by atoms with Crippen LogP contribution in [0.25, 0.3) is 0 Å². The third kappa shape index (κ3) is 6.61. The lowest BCUT2D eigenvalue weighted by Gasteiger charge is -2.19. The summed E-state index contributed by atoms with van der Waals surface area (Å²) >= 11 is 0. The number of hydrogen-bond acceptors (Lipinski definition) is 3. The van der Waals surface area contributed by atoms with Crippen molar-refractivity contribution in [3.8, 4) is 11.8 Å². The number of carbonyl (C=O) groups excluding carboxylic acids is 1. The Morgan fingerprint density at radius 1 is 1.42 bits per heavy atom. The summed E-state index contributed by atoms with van der Waals surface area (Å²) in [6.45, 7) is 5.51. The molecule has 1 rings (SSSR count). The molecular formula is C15H19NO3. The van der Waals surface area contributed by atoms with Crippen LogP contribution < -0.4 is 5.32 Å². The lowest BCUT2D eigenvalue weighted by atomic mass is 10.2. The van der Waals surface area contributed by atoms with Crippen molar-refractivity contribution >= 4 is 11.6 Å². The number of hydrogen-bond donors (Lipinski definition) is 2. The average molecular weight is 261 g/mol. The second-order valence-corrected chi connectivity index (χ2v) is 4.99. The highest BCUT2D eigenvalue weighted by Crippen LogP contribution is 2.11. The molecule has 0 fully saturated rings. The van der Waals surface area contributed by atoms with E-state index in [1.807, 2.05) is 26.8 Å². The van der Waals surface area contributed by atoms with Crippen molar-refractivity contribution < 1.29 is 14.6 Å². The topological polar surface area (TPSA) is 58.6 Å². The number of aliphatic hydroxyl groups is 1. The van der Waals surface area contributed by atoms with Crippen molar-refractivity contribution in [3.63, 3.8) is 0 Å². The number of amides is 1. The summed E-state index contributed by atoms with van der Waals surface area (Å²) in [7, 11) is 0. The highest BCUT2D eigenvalue weighted by atomic mass is 16.5. The maximum atomic E-state index is 11.7. The largest absolute Gasteiger partial charge is 0.384 e. The van der Waals surface area contributed by atoms with Crippen LogP contribution in [0.15, 0.2) is 24.3 Å². The van der Waals surface area contributed by atoms with E-state index in [2.05, 4.69) is 17.2 Å². The number of benzene rings is 1. The van der Waals surface area contributed by atoms with Crippen molar-refractivity contribution in [2.75, 3.05) is 18.5 Å². The second-order valence-electron chi connectivity index (χ2n) is 4.99. The number of aliphatic hydroxyl groups excluding tert-OH is 1. The van der Waals surface area contributed by atoms with Crippen molar-refractivity contribution in [1.82, 2.24) is 0 Å². The molecule has 1 aromatic carbocycles. The minimum Gasteiger partial charge on any atom is -0.384 e. The fraction of sp³-hybridized carbons (Fsp3) is 0.400. The quantitative estimate of drug-likeness (QED) is 0.815. The van der Waals surface area contributed by atoms with E-state index in [9.17, 15) is 4.79 Å². The molecule has 4 heteroatoms. The van der Waals surface area contributed by atoms with Gasteiger partial charge in [0.1, 0.15) is 13.2 Å². The molecule has 0 heterocycles. The molecule has 1 aromatic rings. The Labute approximate surface area is 113 Å². The SMILES string of the molecule is CC(C)(C)OCC(=O)Nc1cccc(C#CCO)c1. The van der Waals surface area contributed by atoms with Crippen molar-refractivity contribution in [1.29, 1.82) is 0 Å². The average Bonchev–Trinajstić information content (AvgIpc) is 2.33. The van der Waals surface area contributed by atoms with E-state index in [4.69, 9.17) is 9.84 Å². The zero-order chi connectivity index (χ0) is 14.3. The van der Waals surface area contributed by atoms with Crippen LogP contribution >= 0.6 is 0 Å². The van der Waals surface area contributed by atoms with E-state index in [-0.39, 0.29) is 24.7 Å². The maximum Gasteiger partial charge on any atom is 0.250 e. The monoisotopic (exact) mass is 261 g/mol. The van der Waals surface area contributed by atoms with Gasteiger partial charge in [0.2, 0.25) is 5.91 Å². The molecule has 0 aliphatic heterocycles. The minimum absolute atomic E-state index is 0.00997. The molecular weight excluding hydrogens is 242 g/mol. The molecule has 0 radical (unpaired) electrons. The van der Waals surface area contributed by atoms with E-state index < -0.39 is 0 Å². The van der Waals surface area contributed by atoms with Crippen LogP contribution in [0.4, 0.5) is 5.69 Å². The molecule has 102 valence electrons. The Morgan fingerprint density at radius 3 is 2.79 bits per heavy atom. The van der Waals surface area contributed by atoms with Gasteiger partial charge in [-0.25, -0.2) is 0 Å². The molecule has 0 saturated heterocycles. The Hall–Kier alpha value is -1.83. The van der Waals surface area contributed by atoms with E-state index in [1.54, 1.807) is 18.2 Å². The number of ether oxygens (including phenoxy) is 1. The molecule has 19 heavy (non-hydrogen) atoms. The van der Waals surface area contributed by atoms with Crippen molar-refractivity contribution in [2.24, 2.45) is 0 Å². The van der Waals surface area contributed by atoms with E-state index in [0.717, 1.165) is 5.56 Å². The predicted octanol–water partition coefficient (Wildman–Crippen LogP) is 1.78. The van der Waals surface area contributed by atoms with Gasteiger partial charge in [-0.3, -0.25) is 4.79 Å². The van der Waals surface area contributed by atoms with Gasteiger partial charge in [-0.1, -0.05) is 17.9 Å². The Balaban J connectivity index is 2.59. The summed E-state index contributed by atoms with van der Waals surface area (Å²) in [5.74, 6) is 5.13. The fourth-order valence-corrected chi connectivity index (χ4v) is 1.30. The van der Waals surface area contributed by atoms with Crippen LogP contribution in [0.2, 0.25) is 0 Å². The highest BCUT2D eigenvalue weighted by Gasteiger charge is 2.12. The van der Waals surface area contributed by atoms with Crippen LogP contribution in [0.1, 0.15) is 26.3 Å². The third-order valence-electron chi connectivity index (χ3n) is 2.09. The van der Waals surface area contributed by atoms with Gasteiger partial charge in [0.25, 0.3) is 0 Å². The Kier molecular flexibility index (Phi) is 5.56. The van der Waals surface area contributed by atoms with Gasteiger partial charge in [0, 0.05) is 11.3 Å². The molecule has 0 aliphatic carbocycles. The van der Waals surface area contributed by atoms with Crippen LogP contribution in [0.5, 0.6) is 0 Å². The molecule has 0 spiro atoms. The smallest absolute Gasteiger partial charge is 0.250 e. The van der Waals surface area contributed by atoms with Gasteiger partial charge >= 0.3 is 0 Å².